The molecular formula is C23H24N4O3. The van der Waals surface area contributed by atoms with Crippen molar-refractivity contribution in [3.63, 3.8) is 0 Å². The first-order chi connectivity index (χ1) is 14.5. The van der Waals surface area contributed by atoms with Gasteiger partial charge in [-0.25, -0.2) is 9.48 Å². The third-order valence-electron chi connectivity index (χ3n) is 4.38. The lowest BCUT2D eigenvalue weighted by molar-refractivity contribution is -0.150. The van der Waals surface area contributed by atoms with Gasteiger partial charge in [-0.05, 0) is 31.1 Å². The van der Waals surface area contributed by atoms with Crippen molar-refractivity contribution in [3.05, 3.63) is 89.3 Å². The number of aromatic nitrogens is 3. The molecule has 154 valence electrons. The molecule has 0 radical (unpaired) electrons. The van der Waals surface area contributed by atoms with Crippen LogP contribution in [0.4, 0.5) is 0 Å². The fourth-order valence-corrected chi connectivity index (χ4v) is 2.70. The van der Waals surface area contributed by atoms with Crippen molar-refractivity contribution in [2.75, 3.05) is 0 Å². The zero-order chi connectivity index (χ0) is 21.3. The van der Waals surface area contributed by atoms with Crippen molar-refractivity contribution < 1.29 is 14.3 Å². The summed E-state index contributed by atoms with van der Waals surface area (Å²) in [4.78, 5) is 24.1. The largest absolute Gasteiger partial charge is 0.449 e. The highest BCUT2D eigenvalue weighted by Gasteiger charge is 2.16. The van der Waals surface area contributed by atoms with Gasteiger partial charge in [0, 0.05) is 12.6 Å². The molecule has 1 atom stereocenters. The lowest BCUT2D eigenvalue weighted by Crippen LogP contribution is -2.35. The Hall–Kier alpha value is -3.74. The van der Waals surface area contributed by atoms with Gasteiger partial charge >= 0.3 is 5.97 Å². The zero-order valence-electron chi connectivity index (χ0n) is 17.0. The van der Waals surface area contributed by atoms with Crippen LogP contribution < -0.4 is 5.32 Å². The molecule has 0 saturated heterocycles. The van der Waals surface area contributed by atoms with E-state index in [4.69, 9.17) is 4.74 Å². The number of hydrogen-bond donors (Lipinski definition) is 1. The number of esters is 1. The predicted octanol–water partition coefficient (Wildman–Crippen LogP) is 2.90. The summed E-state index contributed by atoms with van der Waals surface area (Å²) in [5, 5.41) is 10.8. The summed E-state index contributed by atoms with van der Waals surface area (Å²) >= 11 is 0. The summed E-state index contributed by atoms with van der Waals surface area (Å²) in [5.41, 5.74) is 3.76. The monoisotopic (exact) mass is 404 g/mol. The van der Waals surface area contributed by atoms with Crippen LogP contribution in [0.15, 0.2) is 66.9 Å². The lowest BCUT2D eigenvalue weighted by Gasteiger charge is -2.12. The van der Waals surface area contributed by atoms with Gasteiger partial charge in [0.15, 0.2) is 6.10 Å². The summed E-state index contributed by atoms with van der Waals surface area (Å²) < 4.78 is 6.83. The Bertz CT molecular complexity index is 1010. The number of ether oxygens (including phenoxy) is 1. The highest BCUT2D eigenvalue weighted by atomic mass is 16.5. The first-order valence-corrected chi connectivity index (χ1v) is 9.65. The van der Waals surface area contributed by atoms with E-state index >= 15 is 0 Å². The van der Waals surface area contributed by atoms with Gasteiger partial charge < -0.3 is 10.1 Å². The van der Waals surface area contributed by atoms with Gasteiger partial charge in [0.2, 0.25) is 0 Å². The Labute approximate surface area is 175 Å². The number of carbonyl (C=O) groups is 2. The molecule has 3 aromatic rings. The van der Waals surface area contributed by atoms with Crippen LogP contribution in [-0.2, 0) is 27.4 Å². The minimum absolute atomic E-state index is 0.355. The van der Waals surface area contributed by atoms with E-state index in [0.29, 0.717) is 18.8 Å². The van der Waals surface area contributed by atoms with Gasteiger partial charge in [0.25, 0.3) is 5.91 Å². The normalized spacial score (nSPS) is 11.9. The van der Waals surface area contributed by atoms with Crippen LogP contribution in [0.2, 0.25) is 0 Å². The quantitative estimate of drug-likeness (QED) is 0.461. The van der Waals surface area contributed by atoms with Crippen molar-refractivity contribution in [2.24, 2.45) is 0 Å². The fraction of sp³-hybridized carbons (Fsp3) is 0.217. The topological polar surface area (TPSA) is 86.1 Å². The van der Waals surface area contributed by atoms with Crippen LogP contribution >= 0.6 is 0 Å². The van der Waals surface area contributed by atoms with Gasteiger partial charge in [-0.3, -0.25) is 4.79 Å². The standard InChI is InChI=1S/C23H24N4O3/c1-17-8-10-19(11-9-17)14-24-23(29)18(2)30-22(28)13-12-21-16-27(26-25-21)15-20-6-4-3-5-7-20/h3-13,16,18H,14-15H2,1-2H3,(H,24,29)/b13-12+/t18-/m1/s1. The maximum atomic E-state index is 12.1. The van der Waals surface area contributed by atoms with E-state index in [0.717, 1.165) is 16.7 Å². The molecule has 0 spiro atoms. The molecule has 0 fully saturated rings. The van der Waals surface area contributed by atoms with Gasteiger partial charge in [-0.1, -0.05) is 65.4 Å². The Morgan fingerprint density at radius 3 is 2.57 bits per heavy atom. The molecule has 1 amide bonds. The third kappa shape index (κ3) is 6.41. The molecule has 0 aliphatic rings. The summed E-state index contributed by atoms with van der Waals surface area (Å²) in [6, 6.07) is 17.7. The average molecular weight is 404 g/mol. The maximum Gasteiger partial charge on any atom is 0.331 e. The van der Waals surface area contributed by atoms with Crippen LogP contribution in [0, 0.1) is 6.92 Å². The van der Waals surface area contributed by atoms with E-state index in [-0.39, 0.29) is 5.91 Å². The molecule has 1 aromatic heterocycles. The van der Waals surface area contributed by atoms with Crippen molar-refractivity contribution in [1.29, 1.82) is 0 Å². The van der Waals surface area contributed by atoms with Crippen molar-refractivity contribution >= 4 is 18.0 Å². The minimum atomic E-state index is -0.902. The number of rotatable bonds is 8. The molecule has 2 aromatic carbocycles. The van der Waals surface area contributed by atoms with Crippen molar-refractivity contribution in [1.82, 2.24) is 20.3 Å². The van der Waals surface area contributed by atoms with Gasteiger partial charge in [0.1, 0.15) is 5.69 Å². The minimum Gasteiger partial charge on any atom is -0.449 e. The van der Waals surface area contributed by atoms with E-state index < -0.39 is 12.1 Å². The Balaban J connectivity index is 1.45. The SMILES string of the molecule is Cc1ccc(CNC(=O)[C@@H](C)OC(=O)/C=C/c2cn(Cc3ccccc3)nn2)cc1. The predicted molar refractivity (Wildman–Crippen MR) is 113 cm³/mol. The molecule has 0 saturated carbocycles. The lowest BCUT2D eigenvalue weighted by atomic mass is 10.1. The molecule has 0 bridgehead atoms. The average Bonchev–Trinajstić information content (AvgIpc) is 3.19. The Morgan fingerprint density at radius 1 is 1.10 bits per heavy atom. The Kier molecular flexibility index (Phi) is 7.10. The molecule has 0 aliphatic heterocycles. The smallest absolute Gasteiger partial charge is 0.331 e. The molecule has 7 heteroatoms. The number of nitrogens with zero attached hydrogens (tertiary/aromatic N) is 3. The number of aryl methyl sites for hydroxylation is 1. The van der Waals surface area contributed by atoms with Crippen molar-refractivity contribution in [3.8, 4) is 0 Å². The number of nitrogens with one attached hydrogen (secondary N) is 1. The third-order valence-corrected chi connectivity index (χ3v) is 4.38. The molecule has 30 heavy (non-hydrogen) atoms. The highest BCUT2D eigenvalue weighted by Crippen LogP contribution is 2.05. The van der Waals surface area contributed by atoms with Gasteiger partial charge in [0.05, 0.1) is 12.7 Å². The molecule has 7 nitrogen and oxygen atoms in total. The molecule has 3 rings (SSSR count). The van der Waals surface area contributed by atoms with Gasteiger partial charge in [-0.2, -0.15) is 0 Å². The number of carbonyl (C=O) groups excluding carboxylic acids is 2. The van der Waals surface area contributed by atoms with E-state index in [1.54, 1.807) is 10.9 Å². The molecule has 1 N–H and O–H groups in total. The number of amides is 1. The number of hydrogen-bond acceptors (Lipinski definition) is 5. The summed E-state index contributed by atoms with van der Waals surface area (Å²) in [5.74, 6) is -0.975. The van der Waals surface area contributed by atoms with E-state index in [1.807, 2.05) is 61.5 Å². The Morgan fingerprint density at radius 2 is 1.83 bits per heavy atom. The van der Waals surface area contributed by atoms with Crippen LogP contribution in [0.5, 0.6) is 0 Å². The van der Waals surface area contributed by atoms with E-state index in [9.17, 15) is 9.59 Å². The van der Waals surface area contributed by atoms with Crippen molar-refractivity contribution in [2.45, 2.75) is 33.0 Å². The molecule has 0 unspecified atom stereocenters. The van der Waals surface area contributed by atoms with E-state index in [1.165, 1.54) is 19.1 Å². The van der Waals surface area contributed by atoms with Gasteiger partial charge in [-0.15, -0.1) is 5.10 Å². The zero-order valence-corrected chi connectivity index (χ0v) is 17.0. The van der Waals surface area contributed by atoms with E-state index in [2.05, 4.69) is 15.6 Å². The van der Waals surface area contributed by atoms with Crippen LogP contribution in [-0.4, -0.2) is 33.0 Å². The molecule has 1 heterocycles. The summed E-state index contributed by atoms with van der Waals surface area (Å²) in [6.07, 6.45) is 3.57. The fourth-order valence-electron chi connectivity index (χ4n) is 2.70. The van der Waals surface area contributed by atoms with Crippen LogP contribution in [0.1, 0.15) is 29.3 Å². The highest BCUT2D eigenvalue weighted by molar-refractivity contribution is 5.90. The summed E-state index contributed by atoms with van der Waals surface area (Å²) in [6.45, 7) is 4.50. The second-order valence-electron chi connectivity index (χ2n) is 6.94. The first kappa shape index (κ1) is 21.0. The molecule has 0 aliphatic carbocycles. The molecular weight excluding hydrogens is 380 g/mol. The second kappa shape index (κ2) is 10.2. The maximum absolute atomic E-state index is 12.1. The first-order valence-electron chi connectivity index (χ1n) is 9.65. The number of benzene rings is 2. The van der Waals surface area contributed by atoms with Crippen LogP contribution in [0.25, 0.3) is 6.08 Å². The summed E-state index contributed by atoms with van der Waals surface area (Å²) in [7, 11) is 0. The second-order valence-corrected chi connectivity index (χ2v) is 6.94. The van der Waals surface area contributed by atoms with Crippen LogP contribution in [0.3, 0.4) is 0 Å².